The van der Waals surface area contributed by atoms with Crippen molar-refractivity contribution in [2.75, 3.05) is 40.8 Å². The van der Waals surface area contributed by atoms with Crippen molar-refractivity contribution in [2.24, 2.45) is 0 Å². The second kappa shape index (κ2) is 13.4. The van der Waals surface area contributed by atoms with Gasteiger partial charge < -0.3 is 28.4 Å². The average Bonchev–Trinajstić information content (AvgIpc) is 3.49. The van der Waals surface area contributed by atoms with Gasteiger partial charge in [0.15, 0.2) is 40.5 Å². The Bertz CT molecular complexity index is 1420. The molecule has 1 aliphatic rings. The standard InChI is InChI=1S/C28H27F4NO8S/c1-36-21-10-14(19-5-6-20(41-19)15-11-22(37-2)27(39-4)23(12-15)38-3)9-18(33(34)35)26(21)40-7-8-42-28-24(31)16(29)13-17(30)25(28)32/h9-13,19-20H,5-8H2,1-4H3/t19-,20-/m0/s1. The SMILES string of the molecule is COc1cc([C@@H]2CC[C@@H](c3cc(OC)c(OCCSc4c(F)c(F)cc(F)c4F)c([N+](=O)[O-])c3)O2)cc(OC)c1OC. The Labute approximate surface area is 242 Å². The molecule has 0 amide bonds. The van der Waals surface area contributed by atoms with Crippen molar-refractivity contribution in [3.63, 3.8) is 0 Å². The highest BCUT2D eigenvalue weighted by atomic mass is 32.2. The van der Waals surface area contributed by atoms with Gasteiger partial charge in [-0.3, -0.25) is 10.1 Å². The molecule has 14 heteroatoms. The van der Waals surface area contributed by atoms with Gasteiger partial charge in [0.25, 0.3) is 0 Å². The molecule has 1 saturated heterocycles. The fraction of sp³-hybridized carbons (Fsp3) is 0.357. The van der Waals surface area contributed by atoms with Crippen molar-refractivity contribution in [2.45, 2.75) is 29.9 Å². The molecular formula is C28H27F4NO8S. The predicted octanol–water partition coefficient (Wildman–Crippen LogP) is 6.95. The van der Waals surface area contributed by atoms with Gasteiger partial charge in [0.05, 0.1) is 57.1 Å². The Hall–Kier alpha value is -3.91. The Morgan fingerprint density at radius 2 is 1.31 bits per heavy atom. The summed E-state index contributed by atoms with van der Waals surface area (Å²) in [6.07, 6.45) is 0.262. The molecule has 0 spiro atoms. The molecule has 0 N–H and O–H groups in total. The van der Waals surface area contributed by atoms with Gasteiger partial charge in [0.2, 0.25) is 11.5 Å². The maximum Gasteiger partial charge on any atom is 0.315 e. The lowest BCUT2D eigenvalue weighted by atomic mass is 10.0. The first-order valence-electron chi connectivity index (χ1n) is 12.5. The second-order valence-corrected chi connectivity index (χ2v) is 10.1. The summed E-state index contributed by atoms with van der Waals surface area (Å²) in [7, 11) is 5.81. The first-order valence-corrected chi connectivity index (χ1v) is 13.5. The van der Waals surface area contributed by atoms with Crippen LogP contribution in [0.4, 0.5) is 23.2 Å². The summed E-state index contributed by atoms with van der Waals surface area (Å²) < 4.78 is 88.2. The molecule has 226 valence electrons. The van der Waals surface area contributed by atoms with E-state index in [1.807, 2.05) is 0 Å². The molecule has 0 bridgehead atoms. The van der Waals surface area contributed by atoms with Crippen LogP contribution in [0.5, 0.6) is 28.7 Å². The number of rotatable bonds is 12. The fourth-order valence-corrected chi connectivity index (χ4v) is 5.43. The molecule has 3 aromatic rings. The smallest absolute Gasteiger partial charge is 0.315 e. The van der Waals surface area contributed by atoms with E-state index >= 15 is 0 Å². The van der Waals surface area contributed by atoms with Gasteiger partial charge >= 0.3 is 5.69 Å². The number of hydrogen-bond donors (Lipinski definition) is 0. The molecule has 1 heterocycles. The van der Waals surface area contributed by atoms with Crippen LogP contribution in [0, 0.1) is 33.4 Å². The van der Waals surface area contributed by atoms with E-state index in [0.717, 1.165) is 5.56 Å². The zero-order valence-electron chi connectivity index (χ0n) is 23.0. The topological polar surface area (TPSA) is 98.5 Å². The van der Waals surface area contributed by atoms with Crippen molar-refractivity contribution in [3.8, 4) is 28.7 Å². The molecular weight excluding hydrogens is 586 g/mol. The van der Waals surface area contributed by atoms with Gasteiger partial charge in [-0.1, -0.05) is 0 Å². The minimum Gasteiger partial charge on any atom is -0.493 e. The highest BCUT2D eigenvalue weighted by molar-refractivity contribution is 7.99. The normalized spacial score (nSPS) is 16.3. The van der Waals surface area contributed by atoms with Crippen LogP contribution in [0.2, 0.25) is 0 Å². The predicted molar refractivity (Wildman–Crippen MR) is 144 cm³/mol. The zero-order chi connectivity index (χ0) is 30.6. The molecule has 3 aromatic carbocycles. The molecule has 0 aromatic heterocycles. The van der Waals surface area contributed by atoms with E-state index in [0.29, 0.717) is 47.4 Å². The Morgan fingerprint density at radius 3 is 1.79 bits per heavy atom. The number of benzene rings is 3. The number of hydrogen-bond acceptors (Lipinski definition) is 9. The van der Waals surface area contributed by atoms with E-state index in [2.05, 4.69) is 0 Å². The van der Waals surface area contributed by atoms with Gasteiger partial charge in [-0.05, 0) is 42.2 Å². The Balaban J connectivity index is 1.52. The summed E-state index contributed by atoms with van der Waals surface area (Å²) in [5.74, 6) is -5.13. The summed E-state index contributed by atoms with van der Waals surface area (Å²) in [6.45, 7) is -0.290. The maximum absolute atomic E-state index is 13.9. The summed E-state index contributed by atoms with van der Waals surface area (Å²) in [6, 6.07) is 6.54. The van der Waals surface area contributed by atoms with Crippen LogP contribution in [0.25, 0.3) is 0 Å². The lowest BCUT2D eigenvalue weighted by Gasteiger charge is -2.19. The number of nitro benzene ring substituents is 1. The molecule has 2 atom stereocenters. The number of ether oxygens (including phenoxy) is 6. The van der Waals surface area contributed by atoms with Gasteiger partial charge in [-0.25, -0.2) is 17.6 Å². The number of methoxy groups -OCH3 is 4. The lowest BCUT2D eigenvalue weighted by molar-refractivity contribution is -0.386. The molecule has 1 aliphatic heterocycles. The zero-order valence-corrected chi connectivity index (χ0v) is 23.8. The molecule has 42 heavy (non-hydrogen) atoms. The van der Waals surface area contributed by atoms with E-state index in [-0.39, 0.29) is 36.0 Å². The van der Waals surface area contributed by atoms with E-state index in [1.54, 1.807) is 18.2 Å². The van der Waals surface area contributed by atoms with Crippen LogP contribution in [0.3, 0.4) is 0 Å². The third-order valence-electron chi connectivity index (χ3n) is 6.57. The van der Waals surface area contributed by atoms with Crippen molar-refractivity contribution < 1.29 is 50.9 Å². The van der Waals surface area contributed by atoms with Crippen molar-refractivity contribution >= 4 is 17.4 Å². The van der Waals surface area contributed by atoms with Crippen LogP contribution in [-0.4, -0.2) is 45.7 Å². The quantitative estimate of drug-likeness (QED) is 0.0537. The molecule has 4 rings (SSSR count). The minimum absolute atomic E-state index is 0.0400. The van der Waals surface area contributed by atoms with Crippen LogP contribution in [-0.2, 0) is 4.74 Å². The van der Waals surface area contributed by atoms with Crippen molar-refractivity contribution in [3.05, 3.63) is 74.8 Å². The van der Waals surface area contributed by atoms with Crippen LogP contribution >= 0.6 is 11.8 Å². The first kappa shape index (κ1) is 31.0. The van der Waals surface area contributed by atoms with Gasteiger partial charge in [0, 0.05) is 17.9 Å². The first-order chi connectivity index (χ1) is 20.1. The number of nitrogens with zero attached hydrogens (tertiary/aromatic N) is 1. The molecule has 0 aliphatic carbocycles. The van der Waals surface area contributed by atoms with Crippen molar-refractivity contribution in [1.82, 2.24) is 0 Å². The molecule has 0 radical (unpaired) electrons. The monoisotopic (exact) mass is 613 g/mol. The Kier molecular flexibility index (Phi) is 9.89. The molecule has 0 saturated carbocycles. The van der Waals surface area contributed by atoms with Crippen LogP contribution < -0.4 is 23.7 Å². The second-order valence-electron chi connectivity index (χ2n) is 8.97. The minimum atomic E-state index is -1.54. The fourth-order valence-electron chi connectivity index (χ4n) is 4.61. The third kappa shape index (κ3) is 6.28. The summed E-state index contributed by atoms with van der Waals surface area (Å²) in [4.78, 5) is 10.5. The van der Waals surface area contributed by atoms with Gasteiger partial charge in [-0.2, -0.15) is 0 Å². The highest BCUT2D eigenvalue weighted by Gasteiger charge is 2.33. The highest BCUT2D eigenvalue weighted by Crippen LogP contribution is 2.48. The molecule has 0 unspecified atom stereocenters. The van der Waals surface area contributed by atoms with Crippen molar-refractivity contribution in [1.29, 1.82) is 0 Å². The van der Waals surface area contributed by atoms with Gasteiger partial charge in [-0.15, -0.1) is 11.8 Å². The summed E-state index contributed by atoms with van der Waals surface area (Å²) >= 11 is 0.467. The van der Waals surface area contributed by atoms with E-state index in [9.17, 15) is 27.7 Å². The third-order valence-corrected chi connectivity index (χ3v) is 7.59. The maximum atomic E-state index is 13.9. The molecule has 9 nitrogen and oxygen atoms in total. The summed E-state index contributed by atoms with van der Waals surface area (Å²) in [5, 5.41) is 12.0. The van der Waals surface area contributed by atoms with Crippen LogP contribution in [0.15, 0.2) is 35.2 Å². The average molecular weight is 614 g/mol. The van der Waals surface area contributed by atoms with E-state index in [1.165, 1.54) is 34.5 Å². The Morgan fingerprint density at radius 1 is 0.810 bits per heavy atom. The van der Waals surface area contributed by atoms with Crippen LogP contribution in [0.1, 0.15) is 36.2 Å². The number of halogens is 4. The van der Waals surface area contributed by atoms with E-state index < -0.39 is 44.9 Å². The number of nitro groups is 1. The lowest BCUT2D eigenvalue weighted by Crippen LogP contribution is -2.07. The number of thioether (sulfide) groups is 1. The van der Waals surface area contributed by atoms with E-state index in [4.69, 9.17) is 28.4 Å². The largest absolute Gasteiger partial charge is 0.493 e. The summed E-state index contributed by atoms with van der Waals surface area (Å²) in [5.41, 5.74) is 0.843. The molecule has 1 fully saturated rings. The van der Waals surface area contributed by atoms with Gasteiger partial charge in [0.1, 0.15) is 0 Å².